The summed E-state index contributed by atoms with van der Waals surface area (Å²) in [5.41, 5.74) is 6.99. The van der Waals surface area contributed by atoms with Crippen LogP contribution >= 0.6 is 0 Å². The summed E-state index contributed by atoms with van der Waals surface area (Å²) in [6.45, 7) is 0. The molecule has 40 heavy (non-hydrogen) atoms. The van der Waals surface area contributed by atoms with Gasteiger partial charge >= 0.3 is 5.97 Å². The highest BCUT2D eigenvalue weighted by Crippen LogP contribution is 2.42. The predicted octanol–water partition coefficient (Wildman–Crippen LogP) is 4.83. The Balaban J connectivity index is 1.36. The first kappa shape index (κ1) is 25.0. The van der Waals surface area contributed by atoms with Gasteiger partial charge in [-0.15, -0.1) is 0 Å². The number of nitrogens with one attached hydrogen (secondary N) is 2. The molecule has 9 heteroatoms. The number of anilines is 2. The van der Waals surface area contributed by atoms with Crippen LogP contribution < -0.4 is 25.8 Å². The van der Waals surface area contributed by atoms with Crippen LogP contribution in [0.1, 0.15) is 28.7 Å². The van der Waals surface area contributed by atoms with E-state index in [1.165, 1.54) is 0 Å². The summed E-state index contributed by atoms with van der Waals surface area (Å²) in [7, 11) is 0. The molecule has 2 aliphatic rings. The average Bonchev–Trinajstić information content (AvgIpc) is 2.94. The molecule has 0 bridgehead atoms. The number of amides is 2. The van der Waals surface area contributed by atoms with Crippen molar-refractivity contribution in [2.75, 3.05) is 10.6 Å². The number of carbonyl (C=O) groups is 3. The van der Waals surface area contributed by atoms with Crippen molar-refractivity contribution >= 4 is 29.2 Å². The Kier molecular flexibility index (Phi) is 6.11. The number of hydrogen-bond donors (Lipinski definition) is 4. The van der Waals surface area contributed by atoms with Gasteiger partial charge in [0.15, 0.2) is 0 Å². The van der Waals surface area contributed by atoms with Gasteiger partial charge < -0.3 is 30.9 Å². The second kappa shape index (κ2) is 9.77. The molecular formula is C31H25N3O6. The number of fused-ring (bicyclic) bond motifs is 4. The molecule has 4 aromatic carbocycles. The van der Waals surface area contributed by atoms with Crippen molar-refractivity contribution in [3.8, 4) is 23.0 Å². The van der Waals surface area contributed by atoms with Crippen LogP contribution in [0.2, 0.25) is 0 Å². The number of hydrogen-bond acceptors (Lipinski definition) is 6. The molecule has 2 amide bonds. The van der Waals surface area contributed by atoms with E-state index in [1.54, 1.807) is 36.4 Å². The van der Waals surface area contributed by atoms with Crippen LogP contribution in [0.15, 0.2) is 84.9 Å². The zero-order valence-electron chi connectivity index (χ0n) is 21.3. The van der Waals surface area contributed by atoms with E-state index < -0.39 is 29.7 Å². The Morgan fingerprint density at radius 1 is 0.725 bits per heavy atom. The number of carboxylic acid groups (broad SMARTS) is 1. The molecule has 0 saturated carbocycles. The Labute approximate surface area is 229 Å². The van der Waals surface area contributed by atoms with Crippen LogP contribution in [0.4, 0.5) is 11.4 Å². The standard InChI is InChI=1S/C31H25N3O6/c32-28(35)17-31(30(37)38,34-23-10-6-14-27-21(23)16-19-8-2-4-12-25(19)40-27)29(36)33-22-9-5-13-26-20(22)15-18-7-1-3-11-24(18)39-26/h1-14,34H,15-17H2,(H2,32,35)(H,33,36)(H,37,38). The van der Waals surface area contributed by atoms with E-state index >= 15 is 0 Å². The van der Waals surface area contributed by atoms with Crippen molar-refractivity contribution in [1.29, 1.82) is 0 Å². The van der Waals surface area contributed by atoms with Gasteiger partial charge in [-0.1, -0.05) is 48.5 Å². The quantitative estimate of drug-likeness (QED) is 0.215. The molecule has 5 N–H and O–H groups in total. The van der Waals surface area contributed by atoms with Gasteiger partial charge in [-0.05, 0) is 47.5 Å². The van der Waals surface area contributed by atoms with Crippen LogP contribution in [-0.2, 0) is 27.2 Å². The maximum atomic E-state index is 13.9. The molecule has 2 heterocycles. The summed E-state index contributed by atoms with van der Waals surface area (Å²) >= 11 is 0. The normalized spacial score (nSPS) is 14.0. The van der Waals surface area contributed by atoms with Gasteiger partial charge in [0.05, 0.1) is 6.42 Å². The van der Waals surface area contributed by atoms with Crippen molar-refractivity contribution in [3.63, 3.8) is 0 Å². The van der Waals surface area contributed by atoms with Crippen molar-refractivity contribution in [2.24, 2.45) is 5.73 Å². The lowest BCUT2D eigenvalue weighted by atomic mass is 9.90. The summed E-state index contributed by atoms with van der Waals surface area (Å²) in [5, 5.41) is 16.0. The highest BCUT2D eigenvalue weighted by Gasteiger charge is 2.49. The number of carbonyl (C=O) groups excluding carboxylic acids is 2. The third-order valence-corrected chi connectivity index (χ3v) is 7.17. The maximum Gasteiger partial charge on any atom is 0.339 e. The Morgan fingerprint density at radius 2 is 1.23 bits per heavy atom. The van der Waals surface area contributed by atoms with E-state index in [4.69, 9.17) is 15.2 Å². The molecule has 0 aliphatic carbocycles. The average molecular weight is 536 g/mol. The number of carboxylic acids is 1. The third-order valence-electron chi connectivity index (χ3n) is 7.17. The summed E-state index contributed by atoms with van der Waals surface area (Å²) in [4.78, 5) is 38.9. The molecule has 9 nitrogen and oxygen atoms in total. The first-order chi connectivity index (χ1) is 19.3. The van der Waals surface area contributed by atoms with Crippen LogP contribution in [-0.4, -0.2) is 28.4 Å². The fourth-order valence-corrected chi connectivity index (χ4v) is 5.17. The first-order valence-corrected chi connectivity index (χ1v) is 12.7. The molecule has 0 saturated heterocycles. The Morgan fingerprint density at radius 3 is 1.77 bits per heavy atom. The fraction of sp³-hybridized carbons (Fsp3) is 0.129. The number of aliphatic carboxylic acids is 1. The van der Waals surface area contributed by atoms with E-state index in [1.807, 2.05) is 48.5 Å². The molecule has 1 atom stereocenters. The number of rotatable bonds is 7. The van der Waals surface area contributed by atoms with Crippen LogP contribution in [0, 0.1) is 0 Å². The van der Waals surface area contributed by atoms with Gasteiger partial charge in [-0.3, -0.25) is 9.59 Å². The molecule has 0 fully saturated rings. The summed E-state index contributed by atoms with van der Waals surface area (Å²) in [6.07, 6.45) is 0.114. The van der Waals surface area contributed by atoms with Crippen molar-refractivity contribution in [3.05, 3.63) is 107 Å². The minimum Gasteiger partial charge on any atom is -0.479 e. The van der Waals surface area contributed by atoms with E-state index in [2.05, 4.69) is 10.6 Å². The second-order valence-electron chi connectivity index (χ2n) is 9.77. The molecule has 2 aliphatic heterocycles. The molecule has 4 aromatic rings. The van der Waals surface area contributed by atoms with Crippen LogP contribution in [0.25, 0.3) is 0 Å². The lowest BCUT2D eigenvalue weighted by molar-refractivity contribution is -0.148. The van der Waals surface area contributed by atoms with Gasteiger partial charge in [-0.2, -0.15) is 0 Å². The van der Waals surface area contributed by atoms with Crippen molar-refractivity contribution in [1.82, 2.24) is 0 Å². The lowest BCUT2D eigenvalue weighted by Gasteiger charge is -2.32. The highest BCUT2D eigenvalue weighted by atomic mass is 16.5. The second-order valence-corrected chi connectivity index (χ2v) is 9.77. The van der Waals surface area contributed by atoms with E-state index in [0.717, 1.165) is 11.1 Å². The molecule has 200 valence electrons. The summed E-state index contributed by atoms with van der Waals surface area (Å²) in [6, 6.07) is 25.3. The van der Waals surface area contributed by atoms with Gasteiger partial charge in [0, 0.05) is 35.3 Å². The monoisotopic (exact) mass is 535 g/mol. The molecular weight excluding hydrogens is 510 g/mol. The zero-order chi connectivity index (χ0) is 27.9. The molecule has 0 aromatic heterocycles. The highest BCUT2D eigenvalue weighted by molar-refractivity contribution is 6.17. The summed E-state index contributed by atoms with van der Waals surface area (Å²) < 4.78 is 12.0. The number of nitrogens with two attached hydrogens (primary N) is 1. The number of ether oxygens (including phenoxy) is 2. The first-order valence-electron chi connectivity index (χ1n) is 12.7. The Hall–Kier alpha value is -5.31. The molecule has 0 spiro atoms. The van der Waals surface area contributed by atoms with Crippen molar-refractivity contribution < 1.29 is 29.0 Å². The van der Waals surface area contributed by atoms with Crippen molar-refractivity contribution in [2.45, 2.75) is 24.8 Å². The topological polar surface area (TPSA) is 140 Å². The molecule has 6 rings (SSSR count). The number of para-hydroxylation sites is 2. The number of benzene rings is 4. The molecule has 0 radical (unpaired) electrons. The van der Waals surface area contributed by atoms with Gasteiger partial charge in [0.2, 0.25) is 11.4 Å². The summed E-state index contributed by atoms with van der Waals surface area (Å²) in [5.74, 6) is -0.964. The minimum absolute atomic E-state index is 0.346. The van der Waals surface area contributed by atoms with Gasteiger partial charge in [0.1, 0.15) is 23.0 Å². The smallest absolute Gasteiger partial charge is 0.339 e. The molecule has 1 unspecified atom stereocenters. The predicted molar refractivity (Wildman–Crippen MR) is 148 cm³/mol. The van der Waals surface area contributed by atoms with Crippen LogP contribution in [0.5, 0.6) is 23.0 Å². The van der Waals surface area contributed by atoms with Crippen LogP contribution in [0.3, 0.4) is 0 Å². The van der Waals surface area contributed by atoms with E-state index in [-0.39, 0.29) is 0 Å². The van der Waals surface area contributed by atoms with E-state index in [9.17, 15) is 19.5 Å². The number of primary amides is 1. The largest absolute Gasteiger partial charge is 0.479 e. The lowest BCUT2D eigenvalue weighted by Crippen LogP contribution is -2.58. The zero-order valence-corrected chi connectivity index (χ0v) is 21.3. The van der Waals surface area contributed by atoms with Gasteiger partial charge in [-0.25, -0.2) is 4.79 Å². The SMILES string of the molecule is NC(=O)CC(Nc1cccc2c1Cc1ccccc1O2)(C(=O)O)C(=O)Nc1cccc2c1Cc1ccccc1O2. The Bertz CT molecular complexity index is 1680. The fourth-order valence-electron chi connectivity index (χ4n) is 5.17. The third kappa shape index (κ3) is 4.37. The van der Waals surface area contributed by atoms with E-state index in [0.29, 0.717) is 58.3 Å². The minimum atomic E-state index is -2.41. The maximum absolute atomic E-state index is 13.9. The van der Waals surface area contributed by atoms with Gasteiger partial charge in [0.25, 0.3) is 5.91 Å².